The molecule has 18 heavy (non-hydrogen) atoms. The van der Waals surface area contributed by atoms with Crippen molar-refractivity contribution in [2.24, 2.45) is 0 Å². The molecule has 94 valence electrons. The van der Waals surface area contributed by atoms with Crippen LogP contribution in [-0.2, 0) is 10.0 Å². The largest absolute Gasteiger partial charge is 0.327 e. The van der Waals surface area contributed by atoms with Crippen molar-refractivity contribution < 1.29 is 12.8 Å². The molecule has 5 nitrogen and oxygen atoms in total. The Balaban J connectivity index is 2.43. The first-order valence-electron chi connectivity index (χ1n) is 4.96. The summed E-state index contributed by atoms with van der Waals surface area (Å²) in [5.41, 5.74) is -0.766. The molecule has 1 aromatic heterocycles. The topological polar surface area (TPSA) is 79.0 Å². The van der Waals surface area contributed by atoms with Gasteiger partial charge in [0.15, 0.2) is 0 Å². The molecule has 1 aromatic carbocycles. The van der Waals surface area contributed by atoms with E-state index in [9.17, 15) is 17.6 Å². The van der Waals surface area contributed by atoms with Crippen LogP contribution in [0.25, 0.3) is 0 Å². The minimum absolute atomic E-state index is 0.166. The van der Waals surface area contributed by atoms with Crippen LogP contribution in [0.2, 0.25) is 0 Å². The number of sulfonamides is 1. The number of H-pyrrole nitrogens is 1. The number of aromatic nitrogens is 1. The summed E-state index contributed by atoms with van der Waals surface area (Å²) in [6.07, 6.45) is 1.36. The normalized spacial score (nSPS) is 11.2. The highest BCUT2D eigenvalue weighted by molar-refractivity contribution is 7.92. The van der Waals surface area contributed by atoms with Gasteiger partial charge in [-0.15, -0.1) is 0 Å². The molecule has 1 heterocycles. The molecule has 2 rings (SSSR count). The zero-order chi connectivity index (χ0) is 13.2. The molecular weight excluding hydrogens is 259 g/mol. The molecule has 2 N–H and O–H groups in total. The van der Waals surface area contributed by atoms with Gasteiger partial charge in [-0.1, -0.05) is 12.1 Å². The number of hydrogen-bond acceptors (Lipinski definition) is 3. The third kappa shape index (κ3) is 2.40. The Morgan fingerprint density at radius 3 is 2.50 bits per heavy atom. The molecule has 0 amide bonds. The molecule has 0 fully saturated rings. The number of pyridine rings is 1. The van der Waals surface area contributed by atoms with Gasteiger partial charge in [-0.2, -0.15) is 0 Å². The van der Waals surface area contributed by atoms with E-state index in [4.69, 9.17) is 0 Å². The summed E-state index contributed by atoms with van der Waals surface area (Å²) in [4.78, 5) is 13.1. The summed E-state index contributed by atoms with van der Waals surface area (Å²) in [5.74, 6) is -0.877. The van der Waals surface area contributed by atoms with E-state index in [1.165, 1.54) is 30.5 Å². The zero-order valence-corrected chi connectivity index (χ0v) is 9.87. The van der Waals surface area contributed by atoms with E-state index in [0.717, 1.165) is 12.1 Å². The average molecular weight is 268 g/mol. The van der Waals surface area contributed by atoms with Crippen LogP contribution in [0, 0.1) is 5.82 Å². The van der Waals surface area contributed by atoms with Crippen LogP contribution in [0.5, 0.6) is 0 Å². The van der Waals surface area contributed by atoms with Gasteiger partial charge in [0.2, 0.25) is 0 Å². The summed E-state index contributed by atoms with van der Waals surface area (Å²) >= 11 is 0. The summed E-state index contributed by atoms with van der Waals surface area (Å²) < 4.78 is 39.2. The second kappa shape index (κ2) is 4.61. The van der Waals surface area contributed by atoms with Crippen LogP contribution in [0.1, 0.15) is 0 Å². The summed E-state index contributed by atoms with van der Waals surface area (Å²) in [6.45, 7) is 0. The van der Waals surface area contributed by atoms with E-state index in [1.807, 2.05) is 4.72 Å². The van der Waals surface area contributed by atoms with Crippen LogP contribution in [-0.4, -0.2) is 13.4 Å². The maximum absolute atomic E-state index is 13.4. The van der Waals surface area contributed by atoms with Crippen molar-refractivity contribution in [3.8, 4) is 0 Å². The predicted octanol–water partition coefficient (Wildman–Crippen LogP) is 1.31. The van der Waals surface area contributed by atoms with Crippen LogP contribution >= 0.6 is 0 Å². The van der Waals surface area contributed by atoms with Gasteiger partial charge in [-0.3, -0.25) is 9.52 Å². The number of anilines is 1. The highest BCUT2D eigenvalue weighted by Gasteiger charge is 2.19. The summed E-state index contributed by atoms with van der Waals surface area (Å²) in [7, 11) is -4.11. The summed E-state index contributed by atoms with van der Waals surface area (Å²) in [5, 5.41) is 0. The Morgan fingerprint density at radius 2 is 1.83 bits per heavy atom. The molecule has 0 radical (unpaired) electrons. The standard InChI is InChI=1S/C11H9FN2O3S/c12-8-4-1-2-6-10(8)18(16,17)14-9-5-3-7-13-11(9)15/h1-7,14H,(H,13,15). The van der Waals surface area contributed by atoms with Gasteiger partial charge in [0, 0.05) is 6.20 Å². The third-order valence-electron chi connectivity index (χ3n) is 2.19. The lowest BCUT2D eigenvalue weighted by molar-refractivity contribution is 0.570. The van der Waals surface area contributed by atoms with Gasteiger partial charge in [-0.05, 0) is 24.3 Å². The lowest BCUT2D eigenvalue weighted by Crippen LogP contribution is -2.20. The van der Waals surface area contributed by atoms with E-state index < -0.39 is 26.3 Å². The molecule has 0 saturated carbocycles. The number of benzene rings is 1. The Kier molecular flexibility index (Phi) is 3.15. The Bertz CT molecular complexity index is 725. The lowest BCUT2D eigenvalue weighted by atomic mass is 10.4. The Labute approximate surface area is 102 Å². The fraction of sp³-hybridized carbons (Fsp3) is 0. The van der Waals surface area contributed by atoms with Gasteiger partial charge in [0.05, 0.1) is 0 Å². The van der Waals surface area contributed by atoms with Crippen molar-refractivity contribution in [1.29, 1.82) is 0 Å². The number of rotatable bonds is 3. The number of nitrogens with one attached hydrogen (secondary N) is 2. The second-order valence-electron chi connectivity index (χ2n) is 3.45. The van der Waals surface area contributed by atoms with Gasteiger partial charge in [0.1, 0.15) is 16.4 Å². The molecule has 0 atom stereocenters. The number of hydrogen-bond donors (Lipinski definition) is 2. The zero-order valence-electron chi connectivity index (χ0n) is 9.05. The Hall–Kier alpha value is -2.15. The van der Waals surface area contributed by atoms with Gasteiger partial charge >= 0.3 is 0 Å². The first-order valence-corrected chi connectivity index (χ1v) is 6.44. The molecule has 0 aliphatic carbocycles. The smallest absolute Gasteiger partial charge is 0.272 e. The van der Waals surface area contributed by atoms with Crippen molar-refractivity contribution in [2.45, 2.75) is 4.90 Å². The maximum atomic E-state index is 13.4. The van der Waals surface area contributed by atoms with Crippen molar-refractivity contribution in [3.63, 3.8) is 0 Å². The molecule has 0 unspecified atom stereocenters. The molecule has 0 bridgehead atoms. The minimum atomic E-state index is -4.11. The monoisotopic (exact) mass is 268 g/mol. The van der Waals surface area contributed by atoms with E-state index >= 15 is 0 Å². The highest BCUT2D eigenvalue weighted by atomic mass is 32.2. The van der Waals surface area contributed by atoms with Gasteiger partial charge < -0.3 is 4.98 Å². The van der Waals surface area contributed by atoms with Crippen molar-refractivity contribution in [3.05, 3.63) is 58.8 Å². The van der Waals surface area contributed by atoms with Crippen LogP contribution in [0.3, 0.4) is 0 Å². The quantitative estimate of drug-likeness (QED) is 0.881. The highest BCUT2D eigenvalue weighted by Crippen LogP contribution is 2.16. The molecule has 0 aliphatic heterocycles. The van der Waals surface area contributed by atoms with E-state index in [2.05, 4.69) is 4.98 Å². The van der Waals surface area contributed by atoms with Crippen molar-refractivity contribution in [1.82, 2.24) is 4.98 Å². The SMILES string of the molecule is O=c1[nH]cccc1NS(=O)(=O)c1ccccc1F. The predicted molar refractivity (Wildman–Crippen MR) is 64.3 cm³/mol. The van der Waals surface area contributed by atoms with Gasteiger partial charge in [0.25, 0.3) is 15.6 Å². The molecule has 0 saturated heterocycles. The van der Waals surface area contributed by atoms with Crippen LogP contribution < -0.4 is 10.3 Å². The fourth-order valence-electron chi connectivity index (χ4n) is 1.36. The van der Waals surface area contributed by atoms with E-state index in [1.54, 1.807) is 0 Å². The Morgan fingerprint density at radius 1 is 1.11 bits per heavy atom. The van der Waals surface area contributed by atoms with Gasteiger partial charge in [-0.25, -0.2) is 12.8 Å². The minimum Gasteiger partial charge on any atom is -0.327 e. The molecular formula is C11H9FN2O3S. The van der Waals surface area contributed by atoms with E-state index in [-0.39, 0.29) is 5.69 Å². The second-order valence-corrected chi connectivity index (χ2v) is 5.10. The number of halogens is 1. The maximum Gasteiger partial charge on any atom is 0.272 e. The molecule has 2 aromatic rings. The van der Waals surface area contributed by atoms with Crippen molar-refractivity contribution >= 4 is 15.7 Å². The molecule has 7 heteroatoms. The van der Waals surface area contributed by atoms with Crippen molar-refractivity contribution in [2.75, 3.05) is 4.72 Å². The fourth-order valence-corrected chi connectivity index (χ4v) is 2.51. The average Bonchev–Trinajstić information content (AvgIpc) is 2.32. The summed E-state index contributed by atoms with van der Waals surface area (Å²) in [6, 6.07) is 7.67. The first kappa shape index (κ1) is 12.3. The van der Waals surface area contributed by atoms with Crippen LogP contribution in [0.4, 0.5) is 10.1 Å². The molecule has 0 spiro atoms. The lowest BCUT2D eigenvalue weighted by Gasteiger charge is -2.07. The molecule has 0 aliphatic rings. The first-order chi connectivity index (χ1) is 8.50. The third-order valence-corrected chi connectivity index (χ3v) is 3.59. The van der Waals surface area contributed by atoms with Crippen LogP contribution in [0.15, 0.2) is 52.3 Å². The van der Waals surface area contributed by atoms with E-state index in [0.29, 0.717) is 0 Å². The number of aromatic amines is 1.